The zero-order chi connectivity index (χ0) is 28.9. The molecule has 6 rings (SSSR count). The van der Waals surface area contributed by atoms with E-state index in [1.54, 1.807) is 6.20 Å². The van der Waals surface area contributed by atoms with Crippen molar-refractivity contribution in [2.75, 3.05) is 43.5 Å². The van der Waals surface area contributed by atoms with E-state index in [1.165, 1.54) is 22.7 Å². The quantitative estimate of drug-likeness (QED) is 0.342. The fourth-order valence-corrected chi connectivity index (χ4v) is 7.82. The first-order valence-corrected chi connectivity index (χ1v) is 15.9. The Balaban J connectivity index is 1.33. The molecule has 2 aliphatic rings. The molecule has 4 aromatic rings. The molecular weight excluding hydrogens is 641 g/mol. The Kier molecular flexibility index (Phi) is 7.30. The highest BCUT2D eigenvalue weighted by Gasteiger charge is 2.34. The van der Waals surface area contributed by atoms with Gasteiger partial charge < -0.3 is 14.7 Å². The van der Waals surface area contributed by atoms with Crippen LogP contribution in [0.15, 0.2) is 45.9 Å². The molecule has 41 heavy (non-hydrogen) atoms. The van der Waals surface area contributed by atoms with Crippen LogP contribution in [0.4, 0.5) is 10.1 Å². The molecule has 5 heterocycles. The number of aromatic nitrogens is 3. The maximum atomic E-state index is 14.1. The molecule has 0 atom stereocenters. The Hall–Kier alpha value is -3.40. The van der Waals surface area contributed by atoms with Gasteiger partial charge in [-0.15, -0.1) is 11.3 Å². The molecule has 2 fully saturated rings. The fourth-order valence-electron chi connectivity index (χ4n) is 4.91. The maximum Gasteiger partial charge on any atom is 0.300 e. The first-order valence-electron chi connectivity index (χ1n) is 12.7. The van der Waals surface area contributed by atoms with E-state index in [1.807, 2.05) is 6.07 Å². The summed E-state index contributed by atoms with van der Waals surface area (Å²) in [4.78, 5) is 37.9. The molecular formula is C26H23BrFN5O6S2. The Morgan fingerprint density at radius 2 is 1.98 bits per heavy atom. The number of pyridine rings is 1. The fraction of sp³-hybridized carbons (Fsp3) is 0.308. The summed E-state index contributed by atoms with van der Waals surface area (Å²) in [6, 6.07) is 5.53. The summed E-state index contributed by atoms with van der Waals surface area (Å²) in [6.45, 7) is 2.53. The number of rotatable bonds is 5. The van der Waals surface area contributed by atoms with E-state index in [4.69, 9.17) is 4.74 Å². The number of ether oxygens (including phenoxy) is 1. The number of halogens is 2. The van der Waals surface area contributed by atoms with Crippen molar-refractivity contribution in [3.63, 3.8) is 0 Å². The molecule has 2 saturated heterocycles. The monoisotopic (exact) mass is 663 g/mol. The van der Waals surface area contributed by atoms with Gasteiger partial charge in [-0.25, -0.2) is 27.1 Å². The van der Waals surface area contributed by atoms with E-state index < -0.39 is 33.1 Å². The molecule has 11 nitrogen and oxygen atoms in total. The van der Waals surface area contributed by atoms with Gasteiger partial charge in [-0.3, -0.25) is 14.0 Å². The summed E-state index contributed by atoms with van der Waals surface area (Å²) in [5.74, 6) is -2.13. The number of benzene rings is 1. The van der Waals surface area contributed by atoms with Gasteiger partial charge in [-0.05, 0) is 46.1 Å². The molecule has 0 spiro atoms. The zero-order valence-electron chi connectivity index (χ0n) is 21.4. The molecule has 0 bridgehead atoms. The number of fused-ring (bicyclic) bond motifs is 1. The second kappa shape index (κ2) is 10.8. The minimum atomic E-state index is -3.74. The average Bonchev–Trinajstić information content (AvgIpc) is 3.57. The van der Waals surface area contributed by atoms with Crippen LogP contribution in [0, 0.1) is 5.82 Å². The number of amides is 1. The predicted molar refractivity (Wildman–Crippen MR) is 154 cm³/mol. The van der Waals surface area contributed by atoms with Gasteiger partial charge in [0.15, 0.2) is 5.65 Å². The van der Waals surface area contributed by atoms with Crippen LogP contribution in [0.1, 0.15) is 27.2 Å². The normalized spacial score (nSPS) is 16.9. The Bertz CT molecular complexity index is 1860. The van der Waals surface area contributed by atoms with Crippen molar-refractivity contribution in [3.05, 3.63) is 73.3 Å². The molecule has 1 N–H and O–H groups in total. The third-order valence-electron chi connectivity index (χ3n) is 6.97. The molecule has 0 saturated carbocycles. The van der Waals surface area contributed by atoms with Crippen molar-refractivity contribution in [2.24, 2.45) is 0 Å². The summed E-state index contributed by atoms with van der Waals surface area (Å²) in [6.07, 6.45) is 3.62. The molecule has 1 amide bonds. The highest BCUT2D eigenvalue weighted by molar-refractivity contribution is 9.10. The van der Waals surface area contributed by atoms with E-state index in [0.717, 1.165) is 27.4 Å². The SMILES string of the molecule is O=C(c1cc(F)ccc1Cc1cnc(-c2nc3c(Br)cc(N4CCOCC4)cn3c(=O)c2O)s1)N1CCCS1(=O)=O. The van der Waals surface area contributed by atoms with Gasteiger partial charge in [-0.2, -0.15) is 0 Å². The summed E-state index contributed by atoms with van der Waals surface area (Å²) in [5.41, 5.74) is 0.806. The standard InChI is InChI=1S/C26H23BrFN5O6S2/c27-20-12-17(31-5-7-39-8-6-31)14-32-23(20)30-21(22(34)26(32)36)24-29-13-18(40-24)10-15-2-3-16(28)11-19(15)25(35)33-4-1-9-41(33,37)38/h2-3,11-14,34H,1,4-10H2. The van der Waals surface area contributed by atoms with Gasteiger partial charge in [0.1, 0.15) is 16.5 Å². The van der Waals surface area contributed by atoms with E-state index in [2.05, 4.69) is 30.8 Å². The summed E-state index contributed by atoms with van der Waals surface area (Å²) in [5, 5.41) is 11.1. The van der Waals surface area contributed by atoms with Crippen LogP contribution in [-0.2, 0) is 21.2 Å². The maximum absolute atomic E-state index is 14.1. The van der Waals surface area contributed by atoms with Crippen molar-refractivity contribution in [1.29, 1.82) is 0 Å². The first-order chi connectivity index (χ1) is 19.6. The summed E-state index contributed by atoms with van der Waals surface area (Å²) < 4.78 is 46.7. The number of carbonyl (C=O) groups excluding carboxylic acids is 1. The number of morpholine rings is 1. The topological polar surface area (TPSA) is 134 Å². The van der Waals surface area contributed by atoms with Crippen molar-refractivity contribution in [2.45, 2.75) is 12.8 Å². The van der Waals surface area contributed by atoms with Crippen LogP contribution in [0.3, 0.4) is 0 Å². The van der Waals surface area contributed by atoms with Gasteiger partial charge in [0.25, 0.3) is 5.91 Å². The lowest BCUT2D eigenvalue weighted by molar-refractivity contribution is 0.0868. The largest absolute Gasteiger partial charge is 0.501 e. The van der Waals surface area contributed by atoms with Crippen LogP contribution in [-0.4, -0.2) is 76.7 Å². The van der Waals surface area contributed by atoms with E-state index >= 15 is 0 Å². The Morgan fingerprint density at radius 3 is 2.71 bits per heavy atom. The predicted octanol–water partition coefficient (Wildman–Crippen LogP) is 3.03. The van der Waals surface area contributed by atoms with Crippen LogP contribution in [0.25, 0.3) is 16.3 Å². The molecule has 1 aromatic carbocycles. The number of hydrogen-bond acceptors (Lipinski definition) is 10. The van der Waals surface area contributed by atoms with Crippen LogP contribution >= 0.6 is 27.3 Å². The number of hydrogen-bond donors (Lipinski definition) is 1. The molecule has 0 aliphatic carbocycles. The number of aromatic hydroxyl groups is 1. The van der Waals surface area contributed by atoms with Gasteiger partial charge in [0.2, 0.25) is 15.8 Å². The van der Waals surface area contributed by atoms with Crippen molar-refractivity contribution >= 4 is 54.5 Å². The number of thiazole rings is 1. The zero-order valence-corrected chi connectivity index (χ0v) is 24.6. The lowest BCUT2D eigenvalue weighted by Crippen LogP contribution is -2.36. The van der Waals surface area contributed by atoms with Gasteiger partial charge in [0, 0.05) is 48.9 Å². The summed E-state index contributed by atoms with van der Waals surface area (Å²) in [7, 11) is -3.74. The lowest BCUT2D eigenvalue weighted by atomic mass is 10.0. The van der Waals surface area contributed by atoms with Gasteiger partial charge in [0.05, 0.1) is 29.1 Å². The molecule has 15 heteroatoms. The molecule has 3 aromatic heterocycles. The Morgan fingerprint density at radius 1 is 1.20 bits per heavy atom. The van der Waals surface area contributed by atoms with E-state index in [9.17, 15) is 27.5 Å². The third-order valence-corrected chi connectivity index (χ3v) is 10.4. The molecule has 0 radical (unpaired) electrons. The van der Waals surface area contributed by atoms with Crippen molar-refractivity contribution in [3.8, 4) is 16.5 Å². The molecule has 214 valence electrons. The highest BCUT2D eigenvalue weighted by atomic mass is 79.9. The molecule has 2 aliphatic heterocycles. The first kappa shape index (κ1) is 27.8. The van der Waals surface area contributed by atoms with Crippen molar-refractivity contribution < 1.29 is 27.4 Å². The van der Waals surface area contributed by atoms with E-state index in [-0.39, 0.29) is 35.0 Å². The number of anilines is 1. The van der Waals surface area contributed by atoms with Crippen LogP contribution < -0.4 is 10.5 Å². The summed E-state index contributed by atoms with van der Waals surface area (Å²) >= 11 is 4.65. The number of sulfonamides is 1. The number of carbonyl (C=O) groups is 1. The number of nitrogens with zero attached hydrogens (tertiary/aromatic N) is 5. The van der Waals surface area contributed by atoms with Crippen molar-refractivity contribution in [1.82, 2.24) is 18.7 Å². The average molecular weight is 665 g/mol. The minimum absolute atomic E-state index is 0.00430. The molecule has 0 unspecified atom stereocenters. The highest BCUT2D eigenvalue weighted by Crippen LogP contribution is 2.33. The lowest BCUT2D eigenvalue weighted by Gasteiger charge is -2.29. The second-order valence-corrected chi connectivity index (χ2v) is 13.6. The Labute approximate surface area is 246 Å². The second-order valence-electron chi connectivity index (χ2n) is 9.61. The van der Waals surface area contributed by atoms with E-state index in [0.29, 0.717) is 53.3 Å². The van der Waals surface area contributed by atoms with Crippen LogP contribution in [0.2, 0.25) is 0 Å². The van der Waals surface area contributed by atoms with Gasteiger partial charge in [-0.1, -0.05) is 6.07 Å². The smallest absolute Gasteiger partial charge is 0.300 e. The third kappa shape index (κ3) is 5.22. The minimum Gasteiger partial charge on any atom is -0.501 e. The van der Waals surface area contributed by atoms with Crippen LogP contribution in [0.5, 0.6) is 5.75 Å². The van der Waals surface area contributed by atoms with Gasteiger partial charge >= 0.3 is 5.56 Å².